The molecule has 136 valence electrons. The number of hydrogen-bond donors (Lipinski definition) is 1. The smallest absolute Gasteiger partial charge is 0.338 e. The third-order valence-corrected chi connectivity index (χ3v) is 3.89. The van der Waals surface area contributed by atoms with Gasteiger partial charge >= 0.3 is 11.9 Å². The van der Waals surface area contributed by atoms with Crippen molar-refractivity contribution in [1.29, 1.82) is 0 Å². The maximum Gasteiger partial charge on any atom is 0.338 e. The van der Waals surface area contributed by atoms with E-state index in [4.69, 9.17) is 18.9 Å². The van der Waals surface area contributed by atoms with Gasteiger partial charge in [0.1, 0.15) is 0 Å². The molecule has 0 bridgehead atoms. The molecule has 2 rings (SSSR count). The van der Waals surface area contributed by atoms with E-state index in [9.17, 15) is 14.4 Å². The molecule has 1 aromatic rings. The van der Waals surface area contributed by atoms with Crippen LogP contribution in [0.1, 0.15) is 25.8 Å². The molecule has 1 saturated heterocycles. The number of nitrogens with one attached hydrogen (secondary N) is 1. The highest BCUT2D eigenvalue weighted by Crippen LogP contribution is 2.41. The molecule has 1 fully saturated rings. The Kier molecular flexibility index (Phi) is 5.76. The largest absolute Gasteiger partial charge is 0.467 e. The van der Waals surface area contributed by atoms with Gasteiger partial charge in [-0.25, -0.2) is 9.59 Å². The second-order valence-corrected chi connectivity index (χ2v) is 5.49. The zero-order valence-electron chi connectivity index (χ0n) is 14.5. The van der Waals surface area contributed by atoms with Crippen LogP contribution in [0.3, 0.4) is 0 Å². The highest BCUT2D eigenvalue weighted by molar-refractivity contribution is 5.88. The van der Waals surface area contributed by atoms with Crippen LogP contribution in [0, 0.1) is 0 Å². The number of rotatable bonds is 5. The molecule has 1 aliphatic rings. The summed E-state index contributed by atoms with van der Waals surface area (Å²) in [6.45, 7) is 3.21. The number of hydrogen-bond acceptors (Lipinski definition) is 7. The van der Waals surface area contributed by atoms with E-state index < -0.39 is 29.9 Å². The Morgan fingerprint density at radius 1 is 1.04 bits per heavy atom. The van der Waals surface area contributed by atoms with E-state index in [2.05, 4.69) is 5.32 Å². The Bertz CT molecular complexity index is 631. The fourth-order valence-electron chi connectivity index (χ4n) is 2.65. The summed E-state index contributed by atoms with van der Waals surface area (Å²) in [7, 11) is 2.41. The Morgan fingerprint density at radius 2 is 1.52 bits per heavy atom. The van der Waals surface area contributed by atoms with Crippen molar-refractivity contribution in [3.8, 4) is 0 Å². The fraction of sp³-hybridized carbons (Fsp3) is 0.471. The van der Waals surface area contributed by atoms with E-state index >= 15 is 0 Å². The first-order valence-electron chi connectivity index (χ1n) is 7.76. The van der Waals surface area contributed by atoms with Gasteiger partial charge in [0, 0.05) is 24.6 Å². The number of carbonyl (C=O) groups is 3. The van der Waals surface area contributed by atoms with E-state index in [0.29, 0.717) is 17.7 Å². The monoisotopic (exact) mass is 351 g/mol. The van der Waals surface area contributed by atoms with E-state index in [-0.39, 0.29) is 5.91 Å². The van der Waals surface area contributed by atoms with Gasteiger partial charge in [-0.1, -0.05) is 19.1 Å². The van der Waals surface area contributed by atoms with E-state index in [1.807, 2.05) is 0 Å². The van der Waals surface area contributed by atoms with E-state index in [0.717, 1.165) is 0 Å². The molecule has 2 atom stereocenters. The average Bonchev–Trinajstić information content (AvgIpc) is 3.01. The summed E-state index contributed by atoms with van der Waals surface area (Å²) in [5, 5.41) is 2.66. The predicted molar refractivity (Wildman–Crippen MR) is 86.5 cm³/mol. The molecule has 1 N–H and O–H groups in total. The van der Waals surface area contributed by atoms with Crippen LogP contribution in [-0.2, 0) is 39.1 Å². The van der Waals surface area contributed by atoms with Crippen molar-refractivity contribution in [3.05, 3.63) is 29.8 Å². The number of anilines is 1. The van der Waals surface area contributed by atoms with Crippen LogP contribution in [-0.4, -0.2) is 44.3 Å². The number of methoxy groups -OCH3 is 2. The fourth-order valence-corrected chi connectivity index (χ4v) is 2.65. The second kappa shape index (κ2) is 7.62. The third-order valence-electron chi connectivity index (χ3n) is 3.89. The molecule has 1 aliphatic heterocycles. The maximum absolute atomic E-state index is 12.0. The first-order chi connectivity index (χ1) is 11.9. The lowest BCUT2D eigenvalue weighted by molar-refractivity contribution is -0.196. The van der Waals surface area contributed by atoms with Gasteiger partial charge in [0.05, 0.1) is 14.2 Å². The minimum atomic E-state index is -1.30. The number of esters is 2. The Morgan fingerprint density at radius 3 is 1.88 bits per heavy atom. The molecule has 8 nitrogen and oxygen atoms in total. The Labute approximate surface area is 145 Å². The highest BCUT2D eigenvalue weighted by Gasteiger charge is 2.54. The normalized spacial score (nSPS) is 21.4. The van der Waals surface area contributed by atoms with Crippen LogP contribution in [0.25, 0.3) is 0 Å². The van der Waals surface area contributed by atoms with E-state index in [1.54, 1.807) is 31.2 Å². The molecule has 8 heteroatoms. The van der Waals surface area contributed by atoms with Crippen LogP contribution in [0.15, 0.2) is 24.3 Å². The van der Waals surface area contributed by atoms with Gasteiger partial charge in [-0.3, -0.25) is 4.79 Å². The lowest BCUT2D eigenvalue weighted by Crippen LogP contribution is -2.38. The topological polar surface area (TPSA) is 100 Å². The maximum atomic E-state index is 12.0. The highest BCUT2D eigenvalue weighted by atomic mass is 16.8. The molecule has 0 saturated carbocycles. The number of ether oxygens (including phenoxy) is 4. The van der Waals surface area contributed by atoms with E-state index in [1.165, 1.54) is 21.1 Å². The molecule has 0 radical (unpaired) electrons. The van der Waals surface area contributed by atoms with Crippen LogP contribution >= 0.6 is 0 Å². The van der Waals surface area contributed by atoms with Crippen molar-refractivity contribution in [2.24, 2.45) is 0 Å². The molecule has 25 heavy (non-hydrogen) atoms. The molecule has 0 spiro atoms. The van der Waals surface area contributed by atoms with Crippen LogP contribution in [0.5, 0.6) is 0 Å². The summed E-state index contributed by atoms with van der Waals surface area (Å²) in [6, 6.07) is 6.75. The van der Waals surface area contributed by atoms with Crippen molar-refractivity contribution >= 4 is 23.5 Å². The van der Waals surface area contributed by atoms with Gasteiger partial charge in [-0.2, -0.15) is 0 Å². The van der Waals surface area contributed by atoms with Gasteiger partial charge in [-0.05, 0) is 12.1 Å². The summed E-state index contributed by atoms with van der Waals surface area (Å²) in [4.78, 5) is 35.1. The summed E-state index contributed by atoms with van der Waals surface area (Å²) < 4.78 is 21.0. The van der Waals surface area contributed by atoms with Gasteiger partial charge in [0.15, 0.2) is 18.0 Å². The second-order valence-electron chi connectivity index (χ2n) is 5.49. The van der Waals surface area contributed by atoms with Crippen molar-refractivity contribution in [2.75, 3.05) is 19.5 Å². The summed E-state index contributed by atoms with van der Waals surface area (Å²) in [5.41, 5.74) is 1.21. The summed E-state index contributed by atoms with van der Waals surface area (Å²) >= 11 is 0. The third kappa shape index (κ3) is 3.80. The molecule has 0 aliphatic carbocycles. The summed E-state index contributed by atoms with van der Waals surface area (Å²) in [6.07, 6.45) is -2.12. The van der Waals surface area contributed by atoms with Crippen molar-refractivity contribution in [2.45, 2.75) is 38.3 Å². The summed E-state index contributed by atoms with van der Waals surface area (Å²) in [5.74, 6) is -2.93. The predicted octanol–water partition coefficient (Wildman–Crippen LogP) is 1.34. The van der Waals surface area contributed by atoms with Gasteiger partial charge in [0.25, 0.3) is 0 Å². The van der Waals surface area contributed by atoms with Crippen molar-refractivity contribution < 1.29 is 33.3 Å². The molecule has 1 amide bonds. The lowest BCUT2D eigenvalue weighted by Gasteiger charge is -2.27. The molecular formula is C17H21NO7. The van der Waals surface area contributed by atoms with Gasteiger partial charge < -0.3 is 24.3 Å². The van der Waals surface area contributed by atoms with Crippen molar-refractivity contribution in [1.82, 2.24) is 0 Å². The first kappa shape index (κ1) is 18.9. The first-order valence-corrected chi connectivity index (χ1v) is 7.76. The lowest BCUT2D eigenvalue weighted by atomic mass is 10.0. The molecule has 0 aromatic heterocycles. The molecule has 0 unspecified atom stereocenters. The average molecular weight is 351 g/mol. The Hall–Kier alpha value is -2.45. The van der Waals surface area contributed by atoms with Crippen LogP contribution in [0.4, 0.5) is 5.69 Å². The number of carbonyl (C=O) groups excluding carboxylic acids is 3. The number of amides is 1. The molecule has 1 heterocycles. The number of benzene rings is 1. The minimum absolute atomic E-state index is 0.192. The quantitative estimate of drug-likeness (QED) is 0.799. The molecular weight excluding hydrogens is 330 g/mol. The van der Waals surface area contributed by atoms with Gasteiger partial charge in [-0.15, -0.1) is 0 Å². The SMILES string of the molecule is CCC1(c2ccc(NC(C)=O)cc2)O[C@@H](C(=O)OC)[C@H](C(=O)OC)O1. The van der Waals surface area contributed by atoms with Gasteiger partial charge in [0.2, 0.25) is 5.91 Å². The Balaban J connectivity index is 2.34. The zero-order chi connectivity index (χ0) is 18.6. The van der Waals surface area contributed by atoms with Crippen molar-refractivity contribution in [3.63, 3.8) is 0 Å². The van der Waals surface area contributed by atoms with Crippen LogP contribution < -0.4 is 5.32 Å². The standard InChI is InChI=1S/C17H21NO7/c1-5-17(11-6-8-12(9-7-11)18-10(2)19)24-13(15(20)22-3)14(25-17)16(21)23-4/h6-9,13-14H,5H2,1-4H3,(H,18,19)/t13-,14-/m1/s1. The van der Waals surface area contributed by atoms with Crippen LogP contribution in [0.2, 0.25) is 0 Å². The minimum Gasteiger partial charge on any atom is -0.467 e. The molecule has 1 aromatic carbocycles. The zero-order valence-corrected chi connectivity index (χ0v) is 14.5.